The van der Waals surface area contributed by atoms with Crippen LogP contribution in [0.25, 0.3) is 0 Å². The fourth-order valence-corrected chi connectivity index (χ4v) is 3.22. The third-order valence-corrected chi connectivity index (χ3v) is 4.82. The number of hydrogen-bond acceptors (Lipinski definition) is 5. The molecule has 1 aromatic rings. The summed E-state index contributed by atoms with van der Waals surface area (Å²) in [6.45, 7) is 1.70. The lowest BCUT2D eigenvalue weighted by Crippen LogP contribution is -2.46. The molecule has 1 aromatic carbocycles. The highest BCUT2D eigenvalue weighted by atomic mass is 16.5. The molecule has 0 unspecified atom stereocenters. The van der Waals surface area contributed by atoms with Gasteiger partial charge >= 0.3 is 5.97 Å². The van der Waals surface area contributed by atoms with Crippen molar-refractivity contribution in [2.45, 2.75) is 19.3 Å². The van der Waals surface area contributed by atoms with E-state index in [9.17, 15) is 14.4 Å². The first kappa shape index (κ1) is 18.4. The van der Waals surface area contributed by atoms with E-state index >= 15 is 0 Å². The number of esters is 1. The highest BCUT2D eigenvalue weighted by molar-refractivity contribution is 5.92. The van der Waals surface area contributed by atoms with Crippen molar-refractivity contribution >= 4 is 17.8 Å². The van der Waals surface area contributed by atoms with E-state index in [2.05, 4.69) is 0 Å². The van der Waals surface area contributed by atoms with Crippen molar-refractivity contribution in [2.75, 3.05) is 46.5 Å². The lowest BCUT2D eigenvalue weighted by Gasteiger charge is -2.28. The second-order valence-electron chi connectivity index (χ2n) is 6.66. The minimum absolute atomic E-state index is 0.0325. The Bertz CT molecular complexity index is 697. The summed E-state index contributed by atoms with van der Waals surface area (Å²) in [5.74, 6) is -1.05. The van der Waals surface area contributed by atoms with Crippen molar-refractivity contribution in [3.05, 3.63) is 34.9 Å². The summed E-state index contributed by atoms with van der Waals surface area (Å²) < 4.78 is 10.3. The molecule has 1 aliphatic heterocycles. The highest BCUT2D eigenvalue weighted by Gasteiger charge is 2.21. The Labute approximate surface area is 152 Å². The lowest BCUT2D eigenvalue weighted by atomic mass is 10.1. The normalized spacial score (nSPS) is 16.1. The molecule has 7 heteroatoms. The van der Waals surface area contributed by atoms with E-state index in [1.54, 1.807) is 11.0 Å². The summed E-state index contributed by atoms with van der Waals surface area (Å²) in [7, 11) is 1.53. The number of nitrogens with zero attached hydrogens (tertiary/aromatic N) is 2. The number of carbonyl (C=O) groups excluding carboxylic acids is 3. The van der Waals surface area contributed by atoms with Gasteiger partial charge in [-0.25, -0.2) is 4.79 Å². The van der Waals surface area contributed by atoms with Crippen LogP contribution in [0.15, 0.2) is 18.2 Å². The molecular formula is C19H24N2O5. The third kappa shape index (κ3) is 4.40. The molecule has 7 nitrogen and oxygen atoms in total. The molecule has 140 valence electrons. The zero-order chi connectivity index (χ0) is 18.5. The molecule has 1 saturated heterocycles. The number of ether oxygens (including phenoxy) is 2. The van der Waals surface area contributed by atoms with Crippen molar-refractivity contribution in [3.63, 3.8) is 0 Å². The van der Waals surface area contributed by atoms with Crippen molar-refractivity contribution in [3.8, 4) is 0 Å². The predicted octanol–water partition coefficient (Wildman–Crippen LogP) is 0.649. The van der Waals surface area contributed by atoms with Gasteiger partial charge in [0.2, 0.25) is 5.91 Å². The smallest absolute Gasteiger partial charge is 0.338 e. The first-order valence-electron chi connectivity index (χ1n) is 8.93. The SMILES string of the molecule is CN(CC(=O)N1CCOCC1)C(=O)COC(=O)c1ccc2c(c1)CCC2. The number of carbonyl (C=O) groups is 3. The van der Waals surface area contributed by atoms with Crippen LogP contribution in [0.3, 0.4) is 0 Å². The number of benzene rings is 1. The van der Waals surface area contributed by atoms with Crippen molar-refractivity contribution < 1.29 is 23.9 Å². The van der Waals surface area contributed by atoms with E-state index in [0.29, 0.717) is 31.9 Å². The van der Waals surface area contributed by atoms with E-state index in [0.717, 1.165) is 19.3 Å². The van der Waals surface area contributed by atoms with E-state index in [1.807, 2.05) is 12.1 Å². The number of likely N-dealkylation sites (N-methyl/N-ethyl adjacent to an activating group) is 1. The van der Waals surface area contributed by atoms with Crippen molar-refractivity contribution in [2.24, 2.45) is 0 Å². The first-order chi connectivity index (χ1) is 12.5. The Balaban J connectivity index is 1.46. The first-order valence-corrected chi connectivity index (χ1v) is 8.93. The van der Waals surface area contributed by atoms with Crippen LogP contribution in [0.5, 0.6) is 0 Å². The molecule has 2 aliphatic rings. The van der Waals surface area contributed by atoms with Gasteiger partial charge in [-0.2, -0.15) is 0 Å². The average Bonchev–Trinajstić information content (AvgIpc) is 3.14. The molecular weight excluding hydrogens is 336 g/mol. The quantitative estimate of drug-likeness (QED) is 0.721. The van der Waals surface area contributed by atoms with Gasteiger partial charge in [0.15, 0.2) is 6.61 Å². The average molecular weight is 360 g/mol. The van der Waals surface area contributed by atoms with Gasteiger partial charge in [0.05, 0.1) is 25.3 Å². The van der Waals surface area contributed by atoms with Crippen LogP contribution in [-0.4, -0.2) is 74.1 Å². The number of morpholine rings is 1. The number of hydrogen-bond donors (Lipinski definition) is 0. The molecule has 0 radical (unpaired) electrons. The minimum atomic E-state index is -0.513. The Morgan fingerprint density at radius 3 is 2.65 bits per heavy atom. The molecule has 26 heavy (non-hydrogen) atoms. The predicted molar refractivity (Wildman–Crippen MR) is 93.8 cm³/mol. The van der Waals surface area contributed by atoms with Gasteiger partial charge in [0.25, 0.3) is 5.91 Å². The zero-order valence-electron chi connectivity index (χ0n) is 15.0. The van der Waals surface area contributed by atoms with E-state index in [1.165, 1.54) is 23.1 Å². The third-order valence-electron chi connectivity index (χ3n) is 4.82. The molecule has 0 N–H and O–H groups in total. The van der Waals surface area contributed by atoms with Gasteiger partial charge in [0.1, 0.15) is 0 Å². The Morgan fingerprint density at radius 1 is 1.15 bits per heavy atom. The summed E-state index contributed by atoms with van der Waals surface area (Å²) >= 11 is 0. The molecule has 1 fully saturated rings. The summed E-state index contributed by atoms with van der Waals surface area (Å²) in [5.41, 5.74) is 2.92. The molecule has 0 bridgehead atoms. The largest absolute Gasteiger partial charge is 0.452 e. The molecule has 0 aromatic heterocycles. The molecule has 1 aliphatic carbocycles. The van der Waals surface area contributed by atoms with Gasteiger partial charge in [0, 0.05) is 20.1 Å². The van der Waals surface area contributed by atoms with Crippen LogP contribution in [-0.2, 0) is 31.9 Å². The number of fused-ring (bicyclic) bond motifs is 1. The number of rotatable bonds is 5. The van der Waals surface area contributed by atoms with E-state index < -0.39 is 11.9 Å². The van der Waals surface area contributed by atoms with Gasteiger partial charge in [-0.1, -0.05) is 6.07 Å². The Kier molecular flexibility index (Phi) is 5.88. The van der Waals surface area contributed by atoms with Gasteiger partial charge < -0.3 is 19.3 Å². The summed E-state index contributed by atoms with van der Waals surface area (Å²) in [5, 5.41) is 0. The van der Waals surface area contributed by atoms with Crippen LogP contribution in [0.4, 0.5) is 0 Å². The van der Waals surface area contributed by atoms with E-state index in [4.69, 9.17) is 9.47 Å². The molecule has 1 heterocycles. The number of aryl methyl sites for hydroxylation is 2. The molecule has 0 saturated carbocycles. The minimum Gasteiger partial charge on any atom is -0.452 e. The van der Waals surface area contributed by atoms with Crippen LogP contribution < -0.4 is 0 Å². The highest BCUT2D eigenvalue weighted by Crippen LogP contribution is 2.23. The summed E-state index contributed by atoms with van der Waals surface area (Å²) in [6, 6.07) is 5.54. The zero-order valence-corrected chi connectivity index (χ0v) is 15.0. The molecule has 2 amide bonds. The molecule has 0 spiro atoms. The van der Waals surface area contributed by atoms with Crippen LogP contribution in [0.1, 0.15) is 27.9 Å². The second kappa shape index (κ2) is 8.31. The van der Waals surface area contributed by atoms with Crippen molar-refractivity contribution in [1.82, 2.24) is 9.80 Å². The van der Waals surface area contributed by atoms with Crippen molar-refractivity contribution in [1.29, 1.82) is 0 Å². The molecule has 3 rings (SSSR count). The maximum Gasteiger partial charge on any atom is 0.338 e. The molecule has 0 atom stereocenters. The lowest BCUT2D eigenvalue weighted by molar-refractivity contribution is -0.143. The summed E-state index contributed by atoms with van der Waals surface area (Å²) in [6.07, 6.45) is 3.13. The van der Waals surface area contributed by atoms with Crippen LogP contribution in [0, 0.1) is 0 Å². The summed E-state index contributed by atoms with van der Waals surface area (Å²) in [4.78, 5) is 39.4. The Morgan fingerprint density at radius 2 is 1.88 bits per heavy atom. The van der Waals surface area contributed by atoms with Gasteiger partial charge in [-0.15, -0.1) is 0 Å². The standard InChI is InChI=1S/C19H24N2O5/c1-20(12-17(22)21-7-9-25-10-8-21)18(23)13-26-19(24)16-6-5-14-3-2-4-15(14)11-16/h5-6,11H,2-4,7-10,12-13H2,1H3. The maximum atomic E-state index is 12.2. The van der Waals surface area contributed by atoms with Gasteiger partial charge in [-0.3, -0.25) is 9.59 Å². The Hall–Kier alpha value is -2.41. The monoisotopic (exact) mass is 360 g/mol. The van der Waals surface area contributed by atoms with Crippen LogP contribution >= 0.6 is 0 Å². The van der Waals surface area contributed by atoms with Crippen LogP contribution in [0.2, 0.25) is 0 Å². The van der Waals surface area contributed by atoms with E-state index in [-0.39, 0.29) is 19.1 Å². The second-order valence-corrected chi connectivity index (χ2v) is 6.66. The maximum absolute atomic E-state index is 12.2. The fraction of sp³-hybridized carbons (Fsp3) is 0.526. The fourth-order valence-electron chi connectivity index (χ4n) is 3.22. The topological polar surface area (TPSA) is 76.2 Å². The number of amides is 2. The van der Waals surface area contributed by atoms with Gasteiger partial charge in [-0.05, 0) is 42.5 Å².